The van der Waals surface area contributed by atoms with Crippen LogP contribution in [0.15, 0.2) is 0 Å². The van der Waals surface area contributed by atoms with Crippen LogP contribution < -0.4 is 5.32 Å². The molecule has 0 spiro atoms. The van der Waals surface area contributed by atoms with E-state index in [2.05, 4.69) is 17.1 Å². The molecule has 112 valence electrons. The van der Waals surface area contributed by atoms with Crippen molar-refractivity contribution in [2.24, 2.45) is 0 Å². The summed E-state index contributed by atoms with van der Waals surface area (Å²) in [6.45, 7) is 7.06. The zero-order chi connectivity index (χ0) is 13.7. The van der Waals surface area contributed by atoms with E-state index in [1.54, 1.807) is 14.2 Å². The molecule has 0 saturated carbocycles. The molecule has 2 heterocycles. The molecule has 2 rings (SSSR count). The molecule has 0 aliphatic carbocycles. The van der Waals surface area contributed by atoms with Gasteiger partial charge in [-0.2, -0.15) is 0 Å². The molecule has 4 unspecified atom stereocenters. The van der Waals surface area contributed by atoms with E-state index in [1.165, 1.54) is 12.8 Å². The summed E-state index contributed by atoms with van der Waals surface area (Å²) in [4.78, 5) is 2.44. The predicted molar refractivity (Wildman–Crippen MR) is 74.5 cm³/mol. The Morgan fingerprint density at radius 3 is 2.47 bits per heavy atom. The van der Waals surface area contributed by atoms with Gasteiger partial charge in [-0.05, 0) is 19.8 Å². The quantitative estimate of drug-likeness (QED) is 0.730. The Kier molecular flexibility index (Phi) is 6.04. The van der Waals surface area contributed by atoms with Crippen molar-refractivity contribution in [3.05, 3.63) is 0 Å². The molecule has 0 radical (unpaired) electrons. The van der Waals surface area contributed by atoms with E-state index in [0.29, 0.717) is 12.1 Å². The van der Waals surface area contributed by atoms with Crippen LogP contribution in [0.3, 0.4) is 0 Å². The second-order valence-corrected chi connectivity index (χ2v) is 5.64. The van der Waals surface area contributed by atoms with Crippen LogP contribution in [0.25, 0.3) is 0 Å². The number of hydrogen-bond acceptors (Lipinski definition) is 5. The SMILES string of the molecule is COC1CN(C(C)CNCC2CCCO2)CC1OC. The normalized spacial score (nSPS) is 33.9. The van der Waals surface area contributed by atoms with Gasteiger partial charge in [0, 0.05) is 53.0 Å². The lowest BCUT2D eigenvalue weighted by molar-refractivity contribution is -0.00461. The van der Waals surface area contributed by atoms with Crippen molar-refractivity contribution in [2.45, 2.75) is 44.1 Å². The highest BCUT2D eigenvalue weighted by molar-refractivity contribution is 4.88. The second-order valence-electron chi connectivity index (χ2n) is 5.64. The first-order valence-corrected chi connectivity index (χ1v) is 7.36. The van der Waals surface area contributed by atoms with Gasteiger partial charge in [0.05, 0.1) is 18.3 Å². The molecule has 2 saturated heterocycles. The molecular formula is C14H28N2O3. The standard InChI is InChI=1S/C14H28N2O3/c1-11(7-15-8-12-5-4-6-19-12)16-9-13(17-2)14(10-16)18-3/h11-15H,4-10H2,1-3H3. The average molecular weight is 272 g/mol. The lowest BCUT2D eigenvalue weighted by atomic mass is 10.2. The summed E-state index contributed by atoms with van der Waals surface area (Å²) in [6, 6.07) is 0.499. The Morgan fingerprint density at radius 1 is 1.26 bits per heavy atom. The highest BCUT2D eigenvalue weighted by atomic mass is 16.5. The van der Waals surface area contributed by atoms with Gasteiger partial charge < -0.3 is 19.5 Å². The molecule has 5 heteroatoms. The van der Waals surface area contributed by atoms with Crippen molar-refractivity contribution in [3.8, 4) is 0 Å². The maximum Gasteiger partial charge on any atom is 0.0971 e. The Labute approximate surface area is 116 Å². The zero-order valence-corrected chi connectivity index (χ0v) is 12.4. The first-order valence-electron chi connectivity index (χ1n) is 7.36. The van der Waals surface area contributed by atoms with Crippen molar-refractivity contribution in [1.82, 2.24) is 10.2 Å². The summed E-state index contributed by atoms with van der Waals surface area (Å²) in [6.07, 6.45) is 3.22. The Bertz CT molecular complexity index is 247. The summed E-state index contributed by atoms with van der Waals surface area (Å²) < 4.78 is 16.6. The van der Waals surface area contributed by atoms with E-state index in [1.807, 2.05) is 0 Å². The molecule has 2 aliphatic heterocycles. The topological polar surface area (TPSA) is 43.0 Å². The molecule has 19 heavy (non-hydrogen) atoms. The first kappa shape index (κ1) is 15.2. The third-order valence-electron chi connectivity index (χ3n) is 4.31. The fourth-order valence-electron chi connectivity index (χ4n) is 2.97. The van der Waals surface area contributed by atoms with Crippen LogP contribution in [-0.4, -0.2) is 76.3 Å². The van der Waals surface area contributed by atoms with Gasteiger partial charge in [-0.25, -0.2) is 0 Å². The third-order valence-corrected chi connectivity index (χ3v) is 4.31. The van der Waals surface area contributed by atoms with Gasteiger partial charge >= 0.3 is 0 Å². The molecule has 2 aliphatic rings. The van der Waals surface area contributed by atoms with Crippen molar-refractivity contribution >= 4 is 0 Å². The molecule has 1 N–H and O–H groups in total. The molecule has 2 fully saturated rings. The summed E-state index contributed by atoms with van der Waals surface area (Å²) in [5.74, 6) is 0. The molecular weight excluding hydrogens is 244 g/mol. The Morgan fingerprint density at radius 2 is 1.95 bits per heavy atom. The van der Waals surface area contributed by atoms with Crippen molar-refractivity contribution < 1.29 is 14.2 Å². The summed E-state index contributed by atoms with van der Waals surface area (Å²) in [7, 11) is 3.53. The first-order chi connectivity index (χ1) is 9.24. The number of hydrogen-bond donors (Lipinski definition) is 1. The summed E-state index contributed by atoms with van der Waals surface area (Å²) in [5, 5.41) is 3.52. The van der Waals surface area contributed by atoms with Crippen molar-refractivity contribution in [3.63, 3.8) is 0 Å². The highest BCUT2D eigenvalue weighted by Crippen LogP contribution is 2.18. The monoisotopic (exact) mass is 272 g/mol. The van der Waals surface area contributed by atoms with Crippen LogP contribution in [0.2, 0.25) is 0 Å². The Hall–Kier alpha value is -0.200. The number of nitrogens with zero attached hydrogens (tertiary/aromatic N) is 1. The molecule has 4 atom stereocenters. The molecule has 5 nitrogen and oxygen atoms in total. The highest BCUT2D eigenvalue weighted by Gasteiger charge is 2.34. The fraction of sp³-hybridized carbons (Fsp3) is 1.00. The largest absolute Gasteiger partial charge is 0.377 e. The maximum atomic E-state index is 5.61. The number of ether oxygens (including phenoxy) is 3. The van der Waals surface area contributed by atoms with Crippen LogP contribution in [0.4, 0.5) is 0 Å². The Balaban J connectivity index is 1.66. The fourth-order valence-corrected chi connectivity index (χ4v) is 2.97. The molecule has 0 aromatic rings. The van der Waals surface area contributed by atoms with E-state index < -0.39 is 0 Å². The zero-order valence-electron chi connectivity index (χ0n) is 12.4. The number of rotatable bonds is 7. The minimum atomic E-state index is 0.200. The van der Waals surface area contributed by atoms with Gasteiger partial charge in [0.15, 0.2) is 0 Å². The van der Waals surface area contributed by atoms with E-state index >= 15 is 0 Å². The van der Waals surface area contributed by atoms with Gasteiger partial charge in [-0.1, -0.05) is 0 Å². The third kappa shape index (κ3) is 4.13. The maximum absolute atomic E-state index is 5.61. The van der Waals surface area contributed by atoms with Gasteiger partial charge in [0.1, 0.15) is 0 Å². The van der Waals surface area contributed by atoms with Gasteiger partial charge in [0.25, 0.3) is 0 Å². The molecule has 0 bridgehead atoms. The van der Waals surface area contributed by atoms with E-state index in [0.717, 1.165) is 32.8 Å². The lowest BCUT2D eigenvalue weighted by Gasteiger charge is -2.25. The number of likely N-dealkylation sites (tertiary alicyclic amines) is 1. The summed E-state index contributed by atoms with van der Waals surface area (Å²) in [5.41, 5.74) is 0. The van der Waals surface area contributed by atoms with E-state index in [4.69, 9.17) is 14.2 Å². The number of methoxy groups -OCH3 is 2. The lowest BCUT2D eigenvalue weighted by Crippen LogP contribution is -2.41. The van der Waals surface area contributed by atoms with Gasteiger partial charge in [-0.3, -0.25) is 4.90 Å². The van der Waals surface area contributed by atoms with Gasteiger partial charge in [-0.15, -0.1) is 0 Å². The van der Waals surface area contributed by atoms with Crippen LogP contribution in [-0.2, 0) is 14.2 Å². The minimum Gasteiger partial charge on any atom is -0.377 e. The summed E-state index contributed by atoms with van der Waals surface area (Å²) >= 11 is 0. The smallest absolute Gasteiger partial charge is 0.0971 e. The van der Waals surface area contributed by atoms with E-state index in [9.17, 15) is 0 Å². The van der Waals surface area contributed by atoms with Crippen molar-refractivity contribution in [1.29, 1.82) is 0 Å². The molecule has 0 aromatic heterocycles. The molecule has 0 aromatic carbocycles. The van der Waals surface area contributed by atoms with Crippen LogP contribution in [0.1, 0.15) is 19.8 Å². The van der Waals surface area contributed by atoms with Gasteiger partial charge in [0.2, 0.25) is 0 Å². The van der Waals surface area contributed by atoms with E-state index in [-0.39, 0.29) is 12.2 Å². The van der Waals surface area contributed by atoms with Crippen molar-refractivity contribution in [2.75, 3.05) is 47.0 Å². The minimum absolute atomic E-state index is 0.200. The second kappa shape index (κ2) is 7.55. The van der Waals surface area contributed by atoms with Crippen LogP contribution >= 0.6 is 0 Å². The van der Waals surface area contributed by atoms with Crippen LogP contribution in [0, 0.1) is 0 Å². The molecule has 0 amide bonds. The number of nitrogens with one attached hydrogen (secondary N) is 1. The van der Waals surface area contributed by atoms with Crippen LogP contribution in [0.5, 0.6) is 0 Å². The predicted octanol–water partition coefficient (Wildman–Crippen LogP) is 0.489. The average Bonchev–Trinajstić information content (AvgIpc) is 3.07.